The predicted octanol–water partition coefficient (Wildman–Crippen LogP) is 4.43. The van der Waals surface area contributed by atoms with Crippen molar-refractivity contribution in [1.29, 1.82) is 0 Å². The quantitative estimate of drug-likeness (QED) is 0.391. The van der Waals surface area contributed by atoms with Crippen molar-refractivity contribution in [1.82, 2.24) is 19.4 Å². The summed E-state index contributed by atoms with van der Waals surface area (Å²) in [5.41, 5.74) is 5.22. The topological polar surface area (TPSA) is 137 Å². The van der Waals surface area contributed by atoms with Crippen LogP contribution in [0.5, 0.6) is 5.75 Å². The fourth-order valence-electron chi connectivity index (χ4n) is 4.81. The number of nitrogens with two attached hydrogens (primary N) is 1. The molecule has 0 spiro atoms. The molecular weight excluding hydrogens is 627 g/mol. The molecule has 1 amide bonds. The van der Waals surface area contributed by atoms with Crippen molar-refractivity contribution in [2.75, 3.05) is 37.7 Å². The molecule has 2 N–H and O–H groups in total. The van der Waals surface area contributed by atoms with E-state index in [2.05, 4.69) is 9.72 Å². The molecule has 2 aromatic carbocycles. The number of sulfone groups is 1. The van der Waals surface area contributed by atoms with Crippen LogP contribution >= 0.6 is 11.6 Å². The molecule has 3 aromatic rings. The fraction of sp³-hybridized carbons (Fsp3) is 0.464. The molecule has 1 aliphatic rings. The first-order valence-electron chi connectivity index (χ1n) is 13.7. The Morgan fingerprint density at radius 3 is 2.30 bits per heavy atom. The Morgan fingerprint density at radius 1 is 1.05 bits per heavy atom. The molecule has 1 fully saturated rings. The highest BCUT2D eigenvalue weighted by atomic mass is 35.5. The first-order valence-corrected chi connectivity index (χ1v) is 15.7. The smallest absolute Gasteiger partial charge is 0.444 e. The summed E-state index contributed by atoms with van der Waals surface area (Å²) < 4.78 is 75.7. The average molecular weight is 660 g/mol. The van der Waals surface area contributed by atoms with Crippen LogP contribution in [-0.4, -0.2) is 77.8 Å². The first kappa shape index (κ1) is 33.3. The van der Waals surface area contributed by atoms with Gasteiger partial charge in [-0.1, -0.05) is 18.5 Å². The van der Waals surface area contributed by atoms with E-state index < -0.39 is 39.2 Å². The Kier molecular flexibility index (Phi) is 9.43. The number of piperazine rings is 1. The second-order valence-electron chi connectivity index (χ2n) is 11.3. The van der Waals surface area contributed by atoms with Crippen molar-refractivity contribution in [2.45, 2.75) is 57.6 Å². The number of carbonyl (C=O) groups is 1. The molecule has 0 aliphatic carbocycles. The van der Waals surface area contributed by atoms with Gasteiger partial charge in [-0.2, -0.15) is 0 Å². The van der Waals surface area contributed by atoms with E-state index in [1.165, 1.54) is 25.1 Å². The summed E-state index contributed by atoms with van der Waals surface area (Å²) in [6, 6.07) is 6.18. The van der Waals surface area contributed by atoms with Gasteiger partial charge in [-0.25, -0.2) is 18.2 Å². The van der Waals surface area contributed by atoms with Crippen molar-refractivity contribution in [3.8, 4) is 5.75 Å². The van der Waals surface area contributed by atoms with Crippen LogP contribution in [0.4, 0.5) is 23.9 Å². The van der Waals surface area contributed by atoms with Gasteiger partial charge in [0.2, 0.25) is 5.95 Å². The van der Waals surface area contributed by atoms with Gasteiger partial charge in [-0.05, 0) is 62.2 Å². The van der Waals surface area contributed by atoms with E-state index in [0.717, 1.165) is 16.7 Å². The third-order valence-corrected chi connectivity index (χ3v) is 8.92. The van der Waals surface area contributed by atoms with Crippen molar-refractivity contribution < 1.29 is 35.9 Å². The summed E-state index contributed by atoms with van der Waals surface area (Å²) in [6.07, 6.45) is -5.50. The van der Waals surface area contributed by atoms with E-state index in [1.54, 1.807) is 25.7 Å². The van der Waals surface area contributed by atoms with Gasteiger partial charge in [-0.3, -0.25) is 14.3 Å². The number of nitrogens with zero attached hydrogens (tertiary/aromatic N) is 4. The number of benzene rings is 2. The minimum atomic E-state index is -5.03. The number of hydrogen-bond acceptors (Lipinski definition) is 9. The molecule has 1 aromatic heterocycles. The number of halogens is 4. The van der Waals surface area contributed by atoms with Crippen molar-refractivity contribution in [2.24, 2.45) is 0 Å². The lowest BCUT2D eigenvalue weighted by Gasteiger charge is -2.35. The number of nitrogen functional groups attached to an aromatic ring is 1. The monoisotopic (exact) mass is 659 g/mol. The zero-order chi connectivity index (χ0) is 32.6. The predicted molar refractivity (Wildman–Crippen MR) is 158 cm³/mol. The van der Waals surface area contributed by atoms with Gasteiger partial charge in [-0.15, -0.1) is 13.2 Å². The Labute approximate surface area is 257 Å². The van der Waals surface area contributed by atoms with E-state index in [1.807, 2.05) is 4.90 Å². The zero-order valence-corrected chi connectivity index (χ0v) is 26.1. The second kappa shape index (κ2) is 12.4. The molecule has 0 unspecified atom stereocenters. The van der Waals surface area contributed by atoms with Crippen LogP contribution in [0.15, 0.2) is 40.0 Å². The summed E-state index contributed by atoms with van der Waals surface area (Å²) in [5, 5.41) is 0.00982. The lowest BCUT2D eigenvalue weighted by atomic mass is 10.1. The number of fused-ring (bicyclic) bond motifs is 1. The number of hydrogen-bond donors (Lipinski definition) is 1. The minimum absolute atomic E-state index is 0.0591. The molecule has 0 saturated carbocycles. The Balaban J connectivity index is 1.72. The third-order valence-electron chi connectivity index (χ3n) is 6.86. The molecule has 0 radical (unpaired) electrons. The summed E-state index contributed by atoms with van der Waals surface area (Å²) in [7, 11) is -3.72. The second-order valence-corrected chi connectivity index (χ2v) is 14.0. The summed E-state index contributed by atoms with van der Waals surface area (Å²) in [5.74, 6) is -1.11. The van der Waals surface area contributed by atoms with E-state index >= 15 is 0 Å². The summed E-state index contributed by atoms with van der Waals surface area (Å²) in [6.45, 7) is 7.86. The van der Waals surface area contributed by atoms with E-state index in [9.17, 15) is 31.2 Å². The molecular formula is C28H33ClF3N5O6S. The van der Waals surface area contributed by atoms with E-state index in [4.69, 9.17) is 22.1 Å². The van der Waals surface area contributed by atoms with E-state index in [-0.39, 0.29) is 56.7 Å². The van der Waals surface area contributed by atoms with Crippen LogP contribution < -0.4 is 16.0 Å². The molecule has 11 nitrogen and oxygen atoms in total. The van der Waals surface area contributed by atoms with Crippen LogP contribution in [0.1, 0.15) is 38.8 Å². The first-order chi connectivity index (χ1) is 20.4. The van der Waals surface area contributed by atoms with Crippen molar-refractivity contribution >= 4 is 44.4 Å². The molecule has 0 atom stereocenters. The minimum Gasteiger partial charge on any atom is -0.444 e. The molecule has 1 saturated heterocycles. The van der Waals surface area contributed by atoms with Gasteiger partial charge in [0.15, 0.2) is 9.84 Å². The van der Waals surface area contributed by atoms with Crippen LogP contribution in [0, 0.1) is 0 Å². The molecule has 16 heteroatoms. The van der Waals surface area contributed by atoms with Crippen molar-refractivity contribution in [3.05, 3.63) is 56.8 Å². The highest BCUT2D eigenvalue weighted by Crippen LogP contribution is 2.30. The van der Waals surface area contributed by atoms with Crippen LogP contribution in [0.2, 0.25) is 5.02 Å². The summed E-state index contributed by atoms with van der Waals surface area (Å²) >= 11 is 6.12. The number of amides is 1. The number of rotatable bonds is 7. The number of anilines is 1. The molecule has 1 aliphatic heterocycles. The van der Waals surface area contributed by atoms with Crippen LogP contribution in [-0.2, 0) is 27.7 Å². The summed E-state index contributed by atoms with van der Waals surface area (Å²) in [4.78, 5) is 33.9. The SMILES string of the molecule is CCS(=O)(=O)c1ccc(Cl)cc1Cn1c(N)nc2c(CN3CCN(C(=O)OC(C)(C)C)CC3)cc(OC(F)(F)F)cc2c1=O. The van der Waals surface area contributed by atoms with Gasteiger partial charge in [0, 0.05) is 37.7 Å². The van der Waals surface area contributed by atoms with Gasteiger partial charge in [0.25, 0.3) is 5.56 Å². The normalized spacial score (nSPS) is 15.0. The molecule has 2 heterocycles. The van der Waals surface area contributed by atoms with Gasteiger partial charge >= 0.3 is 12.5 Å². The number of alkyl halides is 3. The molecule has 4 rings (SSSR count). The Morgan fingerprint density at radius 2 is 1.70 bits per heavy atom. The van der Waals surface area contributed by atoms with Crippen LogP contribution in [0.3, 0.4) is 0 Å². The Hall–Kier alpha value is -3.56. The van der Waals surface area contributed by atoms with Gasteiger partial charge in [0.1, 0.15) is 11.4 Å². The van der Waals surface area contributed by atoms with Crippen molar-refractivity contribution in [3.63, 3.8) is 0 Å². The molecule has 44 heavy (non-hydrogen) atoms. The third kappa shape index (κ3) is 7.93. The van der Waals surface area contributed by atoms with Gasteiger partial charge < -0.3 is 20.1 Å². The molecule has 240 valence electrons. The maximum absolute atomic E-state index is 13.7. The lowest BCUT2D eigenvalue weighted by Crippen LogP contribution is -2.49. The highest BCUT2D eigenvalue weighted by molar-refractivity contribution is 7.91. The van der Waals surface area contributed by atoms with E-state index in [0.29, 0.717) is 26.2 Å². The Bertz CT molecular complexity index is 1730. The average Bonchev–Trinajstić information content (AvgIpc) is 2.90. The fourth-order valence-corrected chi connectivity index (χ4v) is 6.11. The largest absolute Gasteiger partial charge is 0.573 e. The number of carbonyl (C=O) groups excluding carboxylic acids is 1. The maximum Gasteiger partial charge on any atom is 0.573 e. The highest BCUT2D eigenvalue weighted by Gasteiger charge is 2.32. The standard InChI is InChI=1S/C28H33ClF3N5O6S/c1-5-44(40,41)22-7-6-19(29)12-17(22)16-37-24(38)21-14-20(42-28(30,31)32)13-18(23(21)34-25(37)33)15-35-8-10-36(11-9-35)26(39)43-27(2,3)4/h6-7,12-14H,5,8-11,15-16H2,1-4H3,(H2,33,34). The van der Waals surface area contributed by atoms with Crippen LogP contribution in [0.25, 0.3) is 10.9 Å². The van der Waals surface area contributed by atoms with Gasteiger partial charge in [0.05, 0.1) is 28.1 Å². The number of ether oxygens (including phenoxy) is 2. The number of aromatic nitrogens is 2. The zero-order valence-electron chi connectivity index (χ0n) is 24.6. The lowest BCUT2D eigenvalue weighted by molar-refractivity contribution is -0.274. The molecule has 0 bridgehead atoms. The maximum atomic E-state index is 13.7.